The number of hydrogen-bond donors (Lipinski definition) is 0. The summed E-state index contributed by atoms with van der Waals surface area (Å²) in [6.07, 6.45) is 0.381. The molecule has 0 aliphatic rings. The van der Waals surface area contributed by atoms with E-state index >= 15 is 0 Å². The van der Waals surface area contributed by atoms with E-state index in [9.17, 15) is 18.0 Å². The van der Waals surface area contributed by atoms with Gasteiger partial charge in [-0.05, 0) is 31.7 Å². The van der Waals surface area contributed by atoms with Gasteiger partial charge in [0.25, 0.3) is 0 Å². The molecule has 0 radical (unpaired) electrons. The van der Waals surface area contributed by atoms with Crippen molar-refractivity contribution in [3.63, 3.8) is 0 Å². The minimum Gasteiger partial charge on any atom is -0.461 e. The van der Waals surface area contributed by atoms with Crippen LogP contribution in [0.25, 0.3) is 10.9 Å². The number of halogens is 3. The summed E-state index contributed by atoms with van der Waals surface area (Å²) >= 11 is 0. The molecule has 2 aromatic rings. The fourth-order valence-electron chi connectivity index (χ4n) is 3.65. The Morgan fingerprint density at radius 3 is 2.43 bits per heavy atom. The summed E-state index contributed by atoms with van der Waals surface area (Å²) in [5.41, 5.74) is -0.801. The highest BCUT2D eigenvalue weighted by molar-refractivity contribution is 5.95. The molecule has 0 amide bonds. The van der Waals surface area contributed by atoms with Crippen LogP contribution in [0.1, 0.15) is 86.8 Å². The highest BCUT2D eigenvalue weighted by atomic mass is 19.4. The van der Waals surface area contributed by atoms with Gasteiger partial charge < -0.3 is 4.74 Å². The molecule has 1 atom stereocenters. The van der Waals surface area contributed by atoms with Gasteiger partial charge in [-0.25, -0.2) is 9.78 Å². The number of fused-ring (bicyclic) bond motifs is 1. The number of nitrogens with zero attached hydrogens (tertiary/aromatic N) is 1. The number of carbonyl (C=O) groups is 1. The second-order valence-electron chi connectivity index (χ2n) is 6.94. The van der Waals surface area contributed by atoms with Gasteiger partial charge >= 0.3 is 12.1 Å². The summed E-state index contributed by atoms with van der Waals surface area (Å²) in [4.78, 5) is 16.8. The largest absolute Gasteiger partial charge is 0.461 e. The zero-order valence-corrected chi connectivity index (χ0v) is 16.7. The zero-order valence-electron chi connectivity index (χ0n) is 16.7. The first-order chi connectivity index (χ1) is 13.3. The fraction of sp³-hybridized carbons (Fsp3) is 0.545. The molecule has 28 heavy (non-hydrogen) atoms. The molecule has 0 fully saturated rings. The third-order valence-electron chi connectivity index (χ3n) is 4.99. The lowest BCUT2D eigenvalue weighted by molar-refractivity contribution is -0.137. The number of aromatic nitrogens is 1. The van der Waals surface area contributed by atoms with E-state index in [2.05, 4.69) is 11.9 Å². The van der Waals surface area contributed by atoms with Gasteiger partial charge in [-0.2, -0.15) is 13.2 Å². The highest BCUT2D eigenvalue weighted by Gasteiger charge is 2.40. The van der Waals surface area contributed by atoms with Crippen LogP contribution in [0.2, 0.25) is 0 Å². The van der Waals surface area contributed by atoms with Gasteiger partial charge in [0, 0.05) is 10.9 Å². The van der Waals surface area contributed by atoms with Crippen LogP contribution in [-0.4, -0.2) is 17.6 Å². The van der Waals surface area contributed by atoms with Gasteiger partial charge in [-0.3, -0.25) is 0 Å². The summed E-state index contributed by atoms with van der Waals surface area (Å²) in [6, 6.07) is 6.11. The van der Waals surface area contributed by atoms with E-state index in [-0.39, 0.29) is 28.8 Å². The monoisotopic (exact) mass is 395 g/mol. The van der Waals surface area contributed by atoms with Crippen LogP contribution in [0, 0.1) is 0 Å². The first-order valence-corrected chi connectivity index (χ1v) is 10.0. The van der Waals surface area contributed by atoms with Crippen LogP contribution in [0.5, 0.6) is 0 Å². The van der Waals surface area contributed by atoms with Crippen LogP contribution in [-0.2, 0) is 10.9 Å². The molecule has 0 spiro atoms. The van der Waals surface area contributed by atoms with Crippen molar-refractivity contribution in [3.05, 3.63) is 41.1 Å². The standard InChI is InChI=1S/C22H28F3NO2/c1-4-7-8-9-12-15(5-2)18-19(22(23,24)25)16-13-10-11-14-17(16)26-20(18)21(27)28-6-3/h10-11,13-15H,4-9,12H2,1-3H3. The number of carbonyl (C=O) groups excluding carboxylic acids is 1. The minimum atomic E-state index is -4.59. The van der Waals surface area contributed by atoms with Crippen molar-refractivity contribution in [2.45, 2.75) is 71.4 Å². The van der Waals surface area contributed by atoms with Crippen molar-refractivity contribution < 1.29 is 22.7 Å². The fourth-order valence-corrected chi connectivity index (χ4v) is 3.65. The maximum Gasteiger partial charge on any atom is 0.417 e. The Hall–Kier alpha value is -2.11. The maximum atomic E-state index is 14.2. The molecular weight excluding hydrogens is 367 g/mol. The predicted molar refractivity (Wildman–Crippen MR) is 104 cm³/mol. The van der Waals surface area contributed by atoms with Crippen molar-refractivity contribution in [1.82, 2.24) is 4.98 Å². The lowest BCUT2D eigenvalue weighted by atomic mass is 9.84. The molecular formula is C22H28F3NO2. The SMILES string of the molecule is CCCCCCC(CC)c1c(C(=O)OCC)nc2ccccc2c1C(F)(F)F. The van der Waals surface area contributed by atoms with E-state index in [0.29, 0.717) is 12.8 Å². The normalized spacial score (nSPS) is 12.9. The van der Waals surface area contributed by atoms with Crippen molar-refractivity contribution in [2.24, 2.45) is 0 Å². The average molecular weight is 395 g/mol. The van der Waals surface area contributed by atoms with Crippen molar-refractivity contribution in [3.8, 4) is 0 Å². The third-order valence-corrected chi connectivity index (χ3v) is 4.99. The number of unbranched alkanes of at least 4 members (excludes halogenated alkanes) is 3. The number of ether oxygens (including phenoxy) is 1. The molecule has 6 heteroatoms. The second kappa shape index (κ2) is 9.89. The molecule has 1 unspecified atom stereocenters. The smallest absolute Gasteiger partial charge is 0.417 e. The van der Waals surface area contributed by atoms with Crippen LogP contribution >= 0.6 is 0 Å². The summed E-state index contributed by atoms with van der Waals surface area (Å²) in [5, 5.41) is 0.0325. The molecule has 3 nitrogen and oxygen atoms in total. The number of esters is 1. The number of rotatable bonds is 9. The molecule has 154 valence electrons. The molecule has 0 saturated carbocycles. The van der Waals surface area contributed by atoms with Crippen molar-refractivity contribution in [2.75, 3.05) is 6.61 Å². The zero-order chi connectivity index (χ0) is 20.7. The Labute approximate surface area is 164 Å². The molecule has 1 aromatic carbocycles. The van der Waals surface area contributed by atoms with E-state index < -0.39 is 23.6 Å². The summed E-state index contributed by atoms with van der Waals surface area (Å²) in [7, 11) is 0. The Morgan fingerprint density at radius 2 is 1.82 bits per heavy atom. The Kier molecular flexibility index (Phi) is 7.84. The lowest BCUT2D eigenvalue weighted by Gasteiger charge is -2.24. The quantitative estimate of drug-likeness (QED) is 0.343. The summed E-state index contributed by atoms with van der Waals surface area (Å²) in [6.45, 7) is 5.66. The molecule has 0 bridgehead atoms. The Morgan fingerprint density at radius 1 is 1.11 bits per heavy atom. The van der Waals surface area contributed by atoms with Gasteiger partial charge in [-0.1, -0.05) is 57.7 Å². The van der Waals surface area contributed by atoms with Crippen molar-refractivity contribution >= 4 is 16.9 Å². The van der Waals surface area contributed by atoms with Crippen molar-refractivity contribution in [1.29, 1.82) is 0 Å². The number of hydrogen-bond acceptors (Lipinski definition) is 3. The molecule has 0 N–H and O–H groups in total. The van der Waals surface area contributed by atoms with Crippen LogP contribution in [0.4, 0.5) is 13.2 Å². The van der Waals surface area contributed by atoms with Gasteiger partial charge in [0.05, 0.1) is 17.7 Å². The Bertz CT molecular complexity index is 802. The van der Waals surface area contributed by atoms with Crippen LogP contribution < -0.4 is 0 Å². The van der Waals surface area contributed by atoms with E-state index in [1.54, 1.807) is 19.1 Å². The topological polar surface area (TPSA) is 39.2 Å². The van der Waals surface area contributed by atoms with Gasteiger partial charge in [-0.15, -0.1) is 0 Å². The lowest BCUT2D eigenvalue weighted by Crippen LogP contribution is -2.20. The number of pyridine rings is 1. The number of benzene rings is 1. The Balaban J connectivity index is 2.70. The minimum absolute atomic E-state index is 0.0105. The molecule has 0 saturated heterocycles. The highest BCUT2D eigenvalue weighted by Crippen LogP contribution is 2.43. The first-order valence-electron chi connectivity index (χ1n) is 10.0. The van der Waals surface area contributed by atoms with E-state index in [4.69, 9.17) is 4.74 Å². The van der Waals surface area contributed by atoms with Gasteiger partial charge in [0.1, 0.15) is 0 Å². The number of para-hydroxylation sites is 1. The van der Waals surface area contributed by atoms with E-state index in [0.717, 1.165) is 25.7 Å². The third kappa shape index (κ3) is 5.03. The van der Waals surface area contributed by atoms with Crippen LogP contribution in [0.3, 0.4) is 0 Å². The number of alkyl halides is 3. The van der Waals surface area contributed by atoms with E-state index in [1.165, 1.54) is 12.1 Å². The second-order valence-corrected chi connectivity index (χ2v) is 6.94. The molecule has 0 aliphatic heterocycles. The van der Waals surface area contributed by atoms with Gasteiger partial charge in [0.15, 0.2) is 5.69 Å². The first kappa shape index (κ1) is 22.2. The van der Waals surface area contributed by atoms with Gasteiger partial charge in [0.2, 0.25) is 0 Å². The average Bonchev–Trinajstić information content (AvgIpc) is 2.66. The van der Waals surface area contributed by atoms with Crippen LogP contribution in [0.15, 0.2) is 24.3 Å². The maximum absolute atomic E-state index is 14.2. The summed E-state index contributed by atoms with van der Waals surface area (Å²) in [5.74, 6) is -1.19. The van der Waals surface area contributed by atoms with E-state index in [1.807, 2.05) is 6.92 Å². The predicted octanol–water partition coefficient (Wildman–Crippen LogP) is 6.89. The molecule has 2 rings (SSSR count). The molecule has 1 aromatic heterocycles. The summed E-state index contributed by atoms with van der Waals surface area (Å²) < 4.78 is 47.6. The molecule has 1 heterocycles. The molecule has 0 aliphatic carbocycles.